The van der Waals surface area contributed by atoms with Crippen LogP contribution in [0.1, 0.15) is 11.3 Å². The molecule has 0 amide bonds. The summed E-state index contributed by atoms with van der Waals surface area (Å²) in [6.45, 7) is 1.73. The number of aromatic nitrogens is 1. The first-order valence-corrected chi connectivity index (χ1v) is 8.12. The molecular weight excluding hydrogens is 330 g/mol. The van der Waals surface area contributed by atoms with E-state index in [4.69, 9.17) is 29.6 Å². The quantitative estimate of drug-likeness (QED) is 0.834. The topological polar surface area (TPSA) is 85.1 Å². The van der Waals surface area contributed by atoms with Crippen LogP contribution in [0.4, 0.5) is 5.69 Å². The lowest BCUT2D eigenvalue weighted by Gasteiger charge is -2.11. The van der Waals surface area contributed by atoms with Crippen LogP contribution in [0.15, 0.2) is 41.4 Å². The molecule has 3 N–H and O–H groups in total. The van der Waals surface area contributed by atoms with Crippen LogP contribution in [0.2, 0.25) is 5.02 Å². The third kappa shape index (κ3) is 3.49. The van der Waals surface area contributed by atoms with Gasteiger partial charge in [-0.05, 0) is 36.8 Å². The number of rotatable bonds is 4. The van der Waals surface area contributed by atoms with Crippen molar-refractivity contribution in [1.82, 2.24) is 4.98 Å². The number of nitrogens with two attached hydrogens (primary N) is 1. The summed E-state index contributed by atoms with van der Waals surface area (Å²) in [6, 6.07) is 7.84. The summed E-state index contributed by atoms with van der Waals surface area (Å²) in [7, 11) is -3.75. The summed E-state index contributed by atoms with van der Waals surface area (Å²) in [5.41, 5.74) is 6.85. The van der Waals surface area contributed by atoms with E-state index in [9.17, 15) is 8.42 Å². The van der Waals surface area contributed by atoms with Crippen molar-refractivity contribution < 1.29 is 8.42 Å². The Bertz CT molecular complexity index is 790. The fourth-order valence-corrected chi connectivity index (χ4v) is 2.97. The average molecular weight is 342 g/mol. The molecule has 21 heavy (non-hydrogen) atoms. The van der Waals surface area contributed by atoms with Gasteiger partial charge in [0.05, 0.1) is 11.4 Å². The Morgan fingerprint density at radius 3 is 2.62 bits per heavy atom. The normalized spacial score (nSPS) is 11.1. The smallest absolute Gasteiger partial charge is 0.263 e. The van der Waals surface area contributed by atoms with Crippen LogP contribution < -0.4 is 10.5 Å². The van der Waals surface area contributed by atoms with E-state index in [1.165, 1.54) is 18.3 Å². The predicted octanol–water partition coefficient (Wildman–Crippen LogP) is 2.48. The van der Waals surface area contributed by atoms with E-state index in [0.717, 1.165) is 0 Å². The number of thiocarbonyl (C=S) groups is 1. The van der Waals surface area contributed by atoms with Gasteiger partial charge in [0.15, 0.2) is 0 Å². The molecule has 0 bridgehead atoms. The van der Waals surface area contributed by atoms with Gasteiger partial charge in [0.25, 0.3) is 10.0 Å². The molecular formula is C13H12ClN3O2S2. The second-order valence-electron chi connectivity index (χ2n) is 4.26. The van der Waals surface area contributed by atoms with Gasteiger partial charge in [-0.15, -0.1) is 0 Å². The summed E-state index contributed by atoms with van der Waals surface area (Å²) < 4.78 is 27.1. The molecule has 1 aromatic heterocycles. The van der Waals surface area contributed by atoms with E-state index in [1.807, 2.05) is 0 Å². The number of pyridine rings is 1. The second-order valence-corrected chi connectivity index (χ2v) is 6.79. The zero-order chi connectivity index (χ0) is 15.6. The molecule has 2 aromatic rings. The maximum absolute atomic E-state index is 12.3. The Morgan fingerprint density at radius 1 is 1.33 bits per heavy atom. The molecule has 0 aliphatic heterocycles. The number of anilines is 1. The van der Waals surface area contributed by atoms with Crippen LogP contribution in [-0.4, -0.2) is 18.4 Å². The number of hydrogen-bond donors (Lipinski definition) is 2. The van der Waals surface area contributed by atoms with Crippen molar-refractivity contribution in [2.24, 2.45) is 5.73 Å². The molecule has 0 radical (unpaired) electrons. The fraction of sp³-hybridized carbons (Fsp3) is 0.0769. The van der Waals surface area contributed by atoms with Gasteiger partial charge >= 0.3 is 0 Å². The fourth-order valence-electron chi connectivity index (χ4n) is 1.61. The zero-order valence-corrected chi connectivity index (χ0v) is 13.4. The second kappa shape index (κ2) is 5.97. The Labute approximate surface area is 133 Å². The zero-order valence-electron chi connectivity index (χ0n) is 11.0. The highest BCUT2D eigenvalue weighted by Crippen LogP contribution is 2.25. The first kappa shape index (κ1) is 15.7. The molecule has 8 heteroatoms. The molecule has 1 aromatic carbocycles. The maximum atomic E-state index is 12.3. The van der Waals surface area contributed by atoms with Gasteiger partial charge in [-0.25, -0.2) is 8.42 Å². The third-order valence-electron chi connectivity index (χ3n) is 2.81. The number of sulfonamides is 1. The van der Waals surface area contributed by atoms with Crippen LogP contribution in [0.5, 0.6) is 0 Å². The molecule has 0 fully saturated rings. The third-order valence-corrected chi connectivity index (χ3v) is 4.78. The number of halogens is 1. The molecule has 0 aliphatic rings. The van der Waals surface area contributed by atoms with Gasteiger partial charge in [-0.2, -0.15) is 0 Å². The molecule has 0 aliphatic carbocycles. The van der Waals surface area contributed by atoms with Crippen molar-refractivity contribution in [1.29, 1.82) is 0 Å². The largest absolute Gasteiger partial charge is 0.388 e. The molecule has 0 saturated heterocycles. The molecule has 1 heterocycles. The lowest BCUT2D eigenvalue weighted by Crippen LogP contribution is -2.16. The molecule has 2 rings (SSSR count). The van der Waals surface area contributed by atoms with Crippen molar-refractivity contribution in [3.05, 3.63) is 52.8 Å². The number of benzene rings is 1. The lowest BCUT2D eigenvalue weighted by atomic mass is 10.2. The Balaban J connectivity index is 2.34. The van der Waals surface area contributed by atoms with E-state index in [0.29, 0.717) is 22.0 Å². The van der Waals surface area contributed by atoms with E-state index >= 15 is 0 Å². The van der Waals surface area contributed by atoms with Crippen LogP contribution in [0.3, 0.4) is 0 Å². The van der Waals surface area contributed by atoms with Gasteiger partial charge in [-0.1, -0.05) is 29.9 Å². The van der Waals surface area contributed by atoms with Crippen molar-refractivity contribution >= 4 is 44.5 Å². The first-order chi connectivity index (χ1) is 9.81. The molecule has 110 valence electrons. The average Bonchev–Trinajstić information content (AvgIpc) is 2.44. The summed E-state index contributed by atoms with van der Waals surface area (Å²) >= 11 is 10.7. The molecule has 0 atom stereocenters. The lowest BCUT2D eigenvalue weighted by molar-refractivity contribution is 0.600. The van der Waals surface area contributed by atoms with E-state index in [1.54, 1.807) is 25.1 Å². The highest BCUT2D eigenvalue weighted by molar-refractivity contribution is 7.92. The Morgan fingerprint density at radius 2 is 2.05 bits per heavy atom. The minimum absolute atomic E-state index is 0.0156. The van der Waals surface area contributed by atoms with Gasteiger partial charge < -0.3 is 5.73 Å². The predicted molar refractivity (Wildman–Crippen MR) is 87.1 cm³/mol. The highest BCUT2D eigenvalue weighted by atomic mass is 35.5. The van der Waals surface area contributed by atoms with Crippen molar-refractivity contribution in [2.75, 3.05) is 4.72 Å². The van der Waals surface area contributed by atoms with E-state index < -0.39 is 10.0 Å². The highest BCUT2D eigenvalue weighted by Gasteiger charge is 2.16. The molecule has 0 spiro atoms. The molecule has 5 nitrogen and oxygen atoms in total. The Hall–Kier alpha value is -1.70. The monoisotopic (exact) mass is 341 g/mol. The van der Waals surface area contributed by atoms with Gasteiger partial charge in [-0.3, -0.25) is 9.71 Å². The van der Waals surface area contributed by atoms with Crippen molar-refractivity contribution in [3.8, 4) is 0 Å². The number of nitrogens with zero attached hydrogens (tertiary/aromatic N) is 1. The number of nitrogens with one attached hydrogen (secondary N) is 1. The van der Waals surface area contributed by atoms with Crippen molar-refractivity contribution in [2.45, 2.75) is 11.8 Å². The van der Waals surface area contributed by atoms with Crippen LogP contribution in [-0.2, 0) is 10.0 Å². The number of hydrogen-bond acceptors (Lipinski definition) is 4. The standard InChI is InChI=1S/C13H12ClN3O2S2/c1-8-10(14)3-2-4-11(8)17-21(18,19)9-5-6-12(13(15)20)16-7-9/h2-7,17H,1H3,(H2,15,20). The van der Waals surface area contributed by atoms with Crippen LogP contribution >= 0.6 is 23.8 Å². The van der Waals surface area contributed by atoms with Gasteiger partial charge in [0, 0.05) is 11.2 Å². The molecule has 0 unspecified atom stereocenters. The maximum Gasteiger partial charge on any atom is 0.263 e. The Kier molecular flexibility index (Phi) is 4.46. The van der Waals surface area contributed by atoms with Gasteiger partial charge in [0.2, 0.25) is 0 Å². The first-order valence-electron chi connectivity index (χ1n) is 5.85. The minimum atomic E-state index is -3.75. The minimum Gasteiger partial charge on any atom is -0.388 e. The summed E-state index contributed by atoms with van der Waals surface area (Å²) in [5, 5.41) is 0.483. The van der Waals surface area contributed by atoms with Gasteiger partial charge in [0.1, 0.15) is 9.88 Å². The summed E-state index contributed by atoms with van der Waals surface area (Å²) in [5.74, 6) is 0. The SMILES string of the molecule is Cc1c(Cl)cccc1NS(=O)(=O)c1ccc(C(N)=S)nc1. The van der Waals surface area contributed by atoms with E-state index in [2.05, 4.69) is 9.71 Å². The van der Waals surface area contributed by atoms with Crippen LogP contribution in [0, 0.1) is 6.92 Å². The summed E-state index contributed by atoms with van der Waals surface area (Å²) in [4.78, 5) is 4.04. The summed E-state index contributed by atoms with van der Waals surface area (Å²) in [6.07, 6.45) is 1.21. The van der Waals surface area contributed by atoms with Crippen LogP contribution in [0.25, 0.3) is 0 Å². The van der Waals surface area contributed by atoms with Crippen molar-refractivity contribution in [3.63, 3.8) is 0 Å². The molecule has 0 saturated carbocycles. The van der Waals surface area contributed by atoms with E-state index in [-0.39, 0.29) is 9.88 Å².